The van der Waals surface area contributed by atoms with E-state index in [4.69, 9.17) is 23.2 Å². The summed E-state index contributed by atoms with van der Waals surface area (Å²) in [6, 6.07) is 7.70. The van der Waals surface area contributed by atoms with E-state index in [2.05, 4.69) is 10.4 Å². The Hall–Kier alpha value is -1.56. The predicted molar refractivity (Wildman–Crippen MR) is 90.6 cm³/mol. The second-order valence-corrected chi connectivity index (χ2v) is 6.41. The van der Waals surface area contributed by atoms with Gasteiger partial charge in [-0.2, -0.15) is 5.10 Å². The molecule has 2 aromatic rings. The first-order valence-corrected chi connectivity index (χ1v) is 8.32. The largest absolute Gasteiger partial charge is 0.333 e. The van der Waals surface area contributed by atoms with Crippen molar-refractivity contribution in [3.05, 3.63) is 52.3 Å². The summed E-state index contributed by atoms with van der Waals surface area (Å²) in [7, 11) is 0. The lowest BCUT2D eigenvalue weighted by Gasteiger charge is -2.36. The first-order chi connectivity index (χ1) is 11.1. The molecule has 3 rings (SSSR count). The van der Waals surface area contributed by atoms with Gasteiger partial charge in [-0.25, -0.2) is 0 Å². The highest BCUT2D eigenvalue weighted by Gasteiger charge is 2.27. The first-order valence-electron chi connectivity index (χ1n) is 7.57. The molecule has 1 fully saturated rings. The average Bonchev–Trinajstić information content (AvgIpc) is 2.98. The van der Waals surface area contributed by atoms with Crippen LogP contribution in [0.15, 0.2) is 36.7 Å². The molecule has 1 amide bonds. The van der Waals surface area contributed by atoms with Crippen molar-refractivity contribution < 1.29 is 4.79 Å². The highest BCUT2D eigenvalue weighted by atomic mass is 35.5. The van der Waals surface area contributed by atoms with E-state index in [-0.39, 0.29) is 11.9 Å². The van der Waals surface area contributed by atoms with Crippen molar-refractivity contribution in [2.45, 2.75) is 19.0 Å². The van der Waals surface area contributed by atoms with Gasteiger partial charge in [-0.3, -0.25) is 9.48 Å². The molecule has 7 heteroatoms. The molecule has 1 aromatic heterocycles. The molecular formula is C16H18Cl2N4O. The Morgan fingerprint density at radius 2 is 2.22 bits per heavy atom. The lowest BCUT2D eigenvalue weighted by Crippen LogP contribution is -2.48. The van der Waals surface area contributed by atoms with Gasteiger partial charge in [0.15, 0.2) is 0 Å². The number of halogens is 2. The standard InChI is InChI=1S/C16H18Cl2N4O/c17-13-3-1-2-12(8-13)15-10-19-5-7-22(15)16(23)4-6-21-11-14(18)9-20-21/h1-3,8-9,11,15,19H,4-7,10H2. The van der Waals surface area contributed by atoms with Crippen LogP contribution in [-0.4, -0.2) is 40.2 Å². The van der Waals surface area contributed by atoms with Gasteiger partial charge in [0.2, 0.25) is 5.91 Å². The minimum atomic E-state index is 0.0103. The second kappa shape index (κ2) is 7.34. The number of hydrogen-bond acceptors (Lipinski definition) is 3. The van der Waals surface area contributed by atoms with E-state index in [9.17, 15) is 4.79 Å². The van der Waals surface area contributed by atoms with Crippen molar-refractivity contribution in [3.63, 3.8) is 0 Å². The molecule has 23 heavy (non-hydrogen) atoms. The minimum absolute atomic E-state index is 0.0103. The molecule has 122 valence electrons. The van der Waals surface area contributed by atoms with Crippen LogP contribution in [-0.2, 0) is 11.3 Å². The fourth-order valence-corrected chi connectivity index (χ4v) is 3.18. The maximum absolute atomic E-state index is 12.6. The van der Waals surface area contributed by atoms with Crippen LogP contribution in [0.2, 0.25) is 10.0 Å². The fraction of sp³-hybridized carbons (Fsp3) is 0.375. The maximum Gasteiger partial charge on any atom is 0.225 e. The summed E-state index contributed by atoms with van der Waals surface area (Å²) in [6.45, 7) is 2.75. The zero-order valence-corrected chi connectivity index (χ0v) is 14.1. The summed E-state index contributed by atoms with van der Waals surface area (Å²) in [5.74, 6) is 0.114. The van der Waals surface area contributed by atoms with Crippen LogP contribution in [0, 0.1) is 0 Å². The van der Waals surface area contributed by atoms with E-state index in [0.717, 1.165) is 18.7 Å². The van der Waals surface area contributed by atoms with Crippen LogP contribution in [0.4, 0.5) is 0 Å². The third-order valence-corrected chi connectivity index (χ3v) is 4.38. The van der Waals surface area contributed by atoms with Gasteiger partial charge in [0.05, 0.1) is 17.3 Å². The normalized spacial score (nSPS) is 18.2. The van der Waals surface area contributed by atoms with Crippen molar-refractivity contribution in [3.8, 4) is 0 Å². The third-order valence-electron chi connectivity index (χ3n) is 3.95. The Bertz CT molecular complexity index is 688. The van der Waals surface area contributed by atoms with Crippen LogP contribution in [0.25, 0.3) is 0 Å². The van der Waals surface area contributed by atoms with Crippen molar-refractivity contribution in [1.82, 2.24) is 20.0 Å². The van der Waals surface area contributed by atoms with Gasteiger partial charge in [0.25, 0.3) is 0 Å². The molecule has 5 nitrogen and oxygen atoms in total. The Kier molecular flexibility index (Phi) is 5.20. The maximum atomic E-state index is 12.6. The summed E-state index contributed by atoms with van der Waals surface area (Å²) in [4.78, 5) is 14.6. The number of carbonyl (C=O) groups excluding carboxylic acids is 1. The van der Waals surface area contributed by atoms with E-state index >= 15 is 0 Å². The molecule has 0 saturated carbocycles. The summed E-state index contributed by atoms with van der Waals surface area (Å²) >= 11 is 11.9. The van der Waals surface area contributed by atoms with E-state index in [1.165, 1.54) is 0 Å². The highest BCUT2D eigenvalue weighted by molar-refractivity contribution is 6.30. The smallest absolute Gasteiger partial charge is 0.225 e. The molecule has 0 spiro atoms. The van der Waals surface area contributed by atoms with Gasteiger partial charge >= 0.3 is 0 Å². The topological polar surface area (TPSA) is 50.2 Å². The van der Waals surface area contributed by atoms with Crippen LogP contribution < -0.4 is 5.32 Å². The zero-order chi connectivity index (χ0) is 16.2. The molecule has 1 atom stereocenters. The Morgan fingerprint density at radius 3 is 2.96 bits per heavy atom. The van der Waals surface area contributed by atoms with Gasteiger partial charge in [-0.1, -0.05) is 35.3 Å². The summed E-state index contributed by atoms with van der Waals surface area (Å²) < 4.78 is 1.69. The second-order valence-electron chi connectivity index (χ2n) is 5.53. The third kappa shape index (κ3) is 4.05. The summed E-state index contributed by atoms with van der Waals surface area (Å²) in [5.41, 5.74) is 1.06. The Balaban J connectivity index is 1.69. The van der Waals surface area contributed by atoms with Gasteiger partial charge in [0.1, 0.15) is 0 Å². The Morgan fingerprint density at radius 1 is 1.35 bits per heavy atom. The molecule has 1 aliphatic rings. The summed E-state index contributed by atoms with van der Waals surface area (Å²) in [5, 5.41) is 8.72. The van der Waals surface area contributed by atoms with Crippen LogP contribution in [0.5, 0.6) is 0 Å². The van der Waals surface area contributed by atoms with Crippen LogP contribution >= 0.6 is 23.2 Å². The number of piperazine rings is 1. The molecule has 1 aromatic carbocycles. The van der Waals surface area contributed by atoms with Gasteiger partial charge in [0, 0.05) is 43.8 Å². The van der Waals surface area contributed by atoms with E-state index in [0.29, 0.717) is 29.6 Å². The van der Waals surface area contributed by atoms with Crippen molar-refractivity contribution in [1.29, 1.82) is 0 Å². The lowest BCUT2D eigenvalue weighted by molar-refractivity contribution is -0.134. The fourth-order valence-electron chi connectivity index (χ4n) is 2.83. The number of amides is 1. The minimum Gasteiger partial charge on any atom is -0.333 e. The van der Waals surface area contributed by atoms with E-state index in [1.54, 1.807) is 17.1 Å². The molecule has 0 aliphatic carbocycles. The first kappa shape index (κ1) is 16.3. The zero-order valence-electron chi connectivity index (χ0n) is 12.6. The van der Waals surface area contributed by atoms with Gasteiger partial charge in [-0.05, 0) is 17.7 Å². The molecule has 1 N–H and O–H groups in total. The van der Waals surface area contributed by atoms with Crippen molar-refractivity contribution in [2.24, 2.45) is 0 Å². The monoisotopic (exact) mass is 352 g/mol. The predicted octanol–water partition coefficient (Wildman–Crippen LogP) is 2.75. The van der Waals surface area contributed by atoms with Gasteiger partial charge in [-0.15, -0.1) is 0 Å². The highest BCUT2D eigenvalue weighted by Crippen LogP contribution is 2.25. The molecule has 1 aliphatic heterocycles. The van der Waals surface area contributed by atoms with Crippen LogP contribution in [0.3, 0.4) is 0 Å². The molecule has 1 unspecified atom stereocenters. The van der Waals surface area contributed by atoms with E-state index in [1.807, 2.05) is 29.2 Å². The van der Waals surface area contributed by atoms with Gasteiger partial charge < -0.3 is 10.2 Å². The molecule has 1 saturated heterocycles. The Labute approximate surface area is 145 Å². The molecule has 0 radical (unpaired) electrons. The number of nitrogens with zero attached hydrogens (tertiary/aromatic N) is 3. The molecule has 0 bridgehead atoms. The van der Waals surface area contributed by atoms with Crippen molar-refractivity contribution >= 4 is 29.1 Å². The number of hydrogen-bond donors (Lipinski definition) is 1. The number of benzene rings is 1. The summed E-state index contributed by atoms with van der Waals surface area (Å²) in [6.07, 6.45) is 3.70. The SMILES string of the molecule is O=C(CCn1cc(Cl)cn1)N1CCNCC1c1cccc(Cl)c1. The quantitative estimate of drug-likeness (QED) is 0.920. The number of carbonyl (C=O) groups is 1. The molecule has 2 heterocycles. The van der Waals surface area contributed by atoms with Crippen LogP contribution in [0.1, 0.15) is 18.0 Å². The number of aryl methyl sites for hydroxylation is 1. The number of aromatic nitrogens is 2. The van der Waals surface area contributed by atoms with E-state index < -0.39 is 0 Å². The number of nitrogens with one attached hydrogen (secondary N) is 1. The number of rotatable bonds is 4. The lowest BCUT2D eigenvalue weighted by atomic mass is 10.0. The average molecular weight is 353 g/mol. The molecular weight excluding hydrogens is 335 g/mol. The van der Waals surface area contributed by atoms with Crippen molar-refractivity contribution in [2.75, 3.05) is 19.6 Å².